The van der Waals surface area contributed by atoms with Gasteiger partial charge in [0.25, 0.3) is 0 Å². The summed E-state index contributed by atoms with van der Waals surface area (Å²) >= 11 is 0. The van der Waals surface area contributed by atoms with E-state index in [1.54, 1.807) is 6.92 Å². The Morgan fingerprint density at radius 2 is 2.15 bits per heavy atom. The fourth-order valence-electron chi connectivity index (χ4n) is 2.30. The molecule has 0 spiro atoms. The molecule has 2 heterocycles. The van der Waals surface area contributed by atoms with Gasteiger partial charge in [-0.3, -0.25) is 4.79 Å². The fourth-order valence-corrected chi connectivity index (χ4v) is 2.30. The third-order valence-electron chi connectivity index (χ3n) is 3.09. The maximum Gasteiger partial charge on any atom is 0.307 e. The molecule has 0 unspecified atom stereocenters. The topological polar surface area (TPSA) is 81.2 Å². The van der Waals surface area contributed by atoms with Crippen molar-refractivity contribution in [1.29, 1.82) is 0 Å². The third-order valence-corrected chi connectivity index (χ3v) is 3.09. The van der Waals surface area contributed by atoms with Gasteiger partial charge in [0.1, 0.15) is 6.54 Å². The van der Waals surface area contributed by atoms with E-state index in [9.17, 15) is 4.79 Å². The summed E-state index contributed by atoms with van der Waals surface area (Å²) in [6.07, 6.45) is 1.83. The van der Waals surface area contributed by atoms with Gasteiger partial charge in [-0.05, 0) is 11.6 Å². The van der Waals surface area contributed by atoms with Crippen molar-refractivity contribution in [3.05, 3.63) is 47.8 Å². The Kier molecular flexibility index (Phi) is 2.98. The normalized spacial score (nSPS) is 11.1. The van der Waals surface area contributed by atoms with E-state index in [0.717, 1.165) is 16.5 Å². The van der Waals surface area contributed by atoms with Crippen LogP contribution in [0.5, 0.6) is 0 Å². The van der Waals surface area contributed by atoms with Crippen LogP contribution in [0, 0.1) is 6.92 Å². The molecule has 3 rings (SSSR count). The number of benzene rings is 1. The number of hydrogen-bond donors (Lipinski definition) is 1. The lowest BCUT2D eigenvalue weighted by molar-refractivity contribution is -0.136. The molecule has 0 radical (unpaired) electrons. The number of rotatable bonds is 4. The second-order valence-electron chi connectivity index (χ2n) is 4.58. The van der Waals surface area contributed by atoms with Gasteiger partial charge < -0.3 is 14.1 Å². The second-order valence-corrected chi connectivity index (χ2v) is 4.58. The van der Waals surface area contributed by atoms with Gasteiger partial charge in [0.05, 0.1) is 6.42 Å². The van der Waals surface area contributed by atoms with Crippen LogP contribution in [0.4, 0.5) is 0 Å². The molecule has 6 nitrogen and oxygen atoms in total. The minimum absolute atomic E-state index is 0.00360. The molecule has 0 amide bonds. The number of fused-ring (bicyclic) bond motifs is 1. The van der Waals surface area contributed by atoms with Gasteiger partial charge in [0.15, 0.2) is 0 Å². The molecule has 0 saturated carbocycles. The number of hydrogen-bond acceptors (Lipinski definition) is 4. The molecular weight excluding hydrogens is 258 g/mol. The van der Waals surface area contributed by atoms with Crippen LogP contribution in [0.2, 0.25) is 0 Å². The molecule has 0 bridgehead atoms. The zero-order valence-electron chi connectivity index (χ0n) is 10.9. The highest BCUT2D eigenvalue weighted by Crippen LogP contribution is 2.22. The zero-order valence-corrected chi connectivity index (χ0v) is 10.9. The number of para-hydroxylation sites is 1. The number of carboxylic acids is 1. The Morgan fingerprint density at radius 3 is 2.85 bits per heavy atom. The molecule has 0 atom stereocenters. The molecule has 102 valence electrons. The monoisotopic (exact) mass is 271 g/mol. The summed E-state index contributed by atoms with van der Waals surface area (Å²) in [5.41, 5.74) is 1.74. The molecule has 0 fully saturated rings. The van der Waals surface area contributed by atoms with Crippen LogP contribution < -0.4 is 0 Å². The Balaban J connectivity index is 2.04. The zero-order chi connectivity index (χ0) is 14.1. The third kappa shape index (κ3) is 2.27. The molecule has 2 aromatic heterocycles. The summed E-state index contributed by atoms with van der Waals surface area (Å²) in [5.74, 6) is 0.175. The maximum atomic E-state index is 10.9. The van der Waals surface area contributed by atoms with Gasteiger partial charge in [-0.25, -0.2) is 0 Å². The first-order valence-electron chi connectivity index (χ1n) is 6.21. The summed E-state index contributed by atoms with van der Waals surface area (Å²) in [6, 6.07) is 7.68. The molecule has 0 aliphatic carbocycles. The number of nitrogens with zero attached hydrogens (tertiary/aromatic N) is 3. The van der Waals surface area contributed by atoms with Gasteiger partial charge in [0.2, 0.25) is 11.8 Å². The van der Waals surface area contributed by atoms with E-state index in [4.69, 9.17) is 9.52 Å². The summed E-state index contributed by atoms with van der Waals surface area (Å²) in [6.45, 7) is 2.17. The van der Waals surface area contributed by atoms with Crippen LogP contribution in [-0.2, 0) is 17.8 Å². The minimum Gasteiger partial charge on any atom is -0.481 e. The lowest BCUT2D eigenvalue weighted by Crippen LogP contribution is -2.00. The predicted octanol–water partition coefficient (Wildman–Crippen LogP) is 2.01. The van der Waals surface area contributed by atoms with Crippen LogP contribution in [0.3, 0.4) is 0 Å². The Hall–Kier alpha value is -2.63. The Bertz CT molecular complexity index is 773. The van der Waals surface area contributed by atoms with E-state index >= 15 is 0 Å². The smallest absolute Gasteiger partial charge is 0.307 e. The van der Waals surface area contributed by atoms with Crippen molar-refractivity contribution in [2.24, 2.45) is 0 Å². The first-order valence-corrected chi connectivity index (χ1v) is 6.21. The van der Waals surface area contributed by atoms with E-state index in [1.807, 2.05) is 35.0 Å². The van der Waals surface area contributed by atoms with Crippen molar-refractivity contribution in [3.63, 3.8) is 0 Å². The molecule has 0 aliphatic rings. The average molecular weight is 271 g/mol. The van der Waals surface area contributed by atoms with E-state index in [2.05, 4.69) is 10.2 Å². The van der Waals surface area contributed by atoms with Gasteiger partial charge >= 0.3 is 5.97 Å². The van der Waals surface area contributed by atoms with Crippen LogP contribution in [0.15, 0.2) is 34.9 Å². The number of carboxylic acid groups (broad SMARTS) is 1. The van der Waals surface area contributed by atoms with Crippen molar-refractivity contribution in [3.8, 4) is 0 Å². The standard InChI is InChI=1S/C14H13N3O3/c1-9-15-16-13(20-9)8-17-7-10(6-14(18)19)11-4-2-3-5-12(11)17/h2-5,7H,6,8H2,1H3,(H,18,19). The van der Waals surface area contributed by atoms with Crippen LogP contribution >= 0.6 is 0 Å². The van der Waals surface area contributed by atoms with Crippen molar-refractivity contribution in [2.45, 2.75) is 19.9 Å². The largest absolute Gasteiger partial charge is 0.481 e. The van der Waals surface area contributed by atoms with Gasteiger partial charge in [0, 0.05) is 24.0 Å². The van der Waals surface area contributed by atoms with Crippen LogP contribution in [0.1, 0.15) is 17.3 Å². The number of carbonyl (C=O) groups is 1. The molecule has 0 saturated heterocycles. The highest BCUT2D eigenvalue weighted by Gasteiger charge is 2.12. The van der Waals surface area contributed by atoms with Crippen molar-refractivity contribution in [2.75, 3.05) is 0 Å². The average Bonchev–Trinajstić information content (AvgIpc) is 2.95. The molecule has 1 aromatic carbocycles. The molecule has 1 N–H and O–H groups in total. The van der Waals surface area contributed by atoms with E-state index in [1.165, 1.54) is 0 Å². The SMILES string of the molecule is Cc1nnc(Cn2cc(CC(=O)O)c3ccccc32)o1. The molecule has 0 aliphatic heterocycles. The summed E-state index contributed by atoms with van der Waals surface area (Å²) < 4.78 is 7.30. The second kappa shape index (κ2) is 4.80. The van der Waals surface area contributed by atoms with Gasteiger partial charge in [-0.15, -0.1) is 10.2 Å². The number of aliphatic carboxylic acids is 1. The fraction of sp³-hybridized carbons (Fsp3) is 0.214. The van der Waals surface area contributed by atoms with Gasteiger partial charge in [-0.2, -0.15) is 0 Å². The van der Waals surface area contributed by atoms with Crippen molar-refractivity contribution < 1.29 is 14.3 Å². The lowest BCUT2D eigenvalue weighted by atomic mass is 10.1. The number of aromatic nitrogens is 3. The Labute approximate surface area is 114 Å². The lowest BCUT2D eigenvalue weighted by Gasteiger charge is -2.00. The quantitative estimate of drug-likeness (QED) is 0.785. The molecule has 20 heavy (non-hydrogen) atoms. The van der Waals surface area contributed by atoms with E-state index < -0.39 is 5.97 Å². The minimum atomic E-state index is -0.846. The van der Waals surface area contributed by atoms with Crippen LogP contribution in [-0.4, -0.2) is 25.8 Å². The highest BCUT2D eigenvalue weighted by molar-refractivity contribution is 5.87. The first kappa shape index (κ1) is 12.4. The molecular formula is C14H13N3O3. The Morgan fingerprint density at radius 1 is 1.35 bits per heavy atom. The summed E-state index contributed by atoms with van der Waals surface area (Å²) in [5, 5.41) is 17.7. The molecule has 3 aromatic rings. The predicted molar refractivity (Wildman–Crippen MR) is 71.4 cm³/mol. The highest BCUT2D eigenvalue weighted by atomic mass is 16.4. The first-order chi connectivity index (χ1) is 9.63. The van der Waals surface area contributed by atoms with Crippen LogP contribution in [0.25, 0.3) is 10.9 Å². The van der Waals surface area contributed by atoms with Gasteiger partial charge in [-0.1, -0.05) is 18.2 Å². The summed E-state index contributed by atoms with van der Waals surface area (Å²) in [7, 11) is 0. The van der Waals surface area contributed by atoms with E-state index in [-0.39, 0.29) is 6.42 Å². The maximum absolute atomic E-state index is 10.9. The number of aryl methyl sites for hydroxylation is 1. The molecule has 6 heteroatoms. The van der Waals surface area contributed by atoms with Crippen molar-refractivity contribution >= 4 is 16.9 Å². The summed E-state index contributed by atoms with van der Waals surface area (Å²) in [4.78, 5) is 10.9. The van der Waals surface area contributed by atoms with Crippen molar-refractivity contribution in [1.82, 2.24) is 14.8 Å². The van der Waals surface area contributed by atoms with E-state index in [0.29, 0.717) is 18.3 Å².